The molecule has 0 aliphatic rings. The molecule has 23 heavy (non-hydrogen) atoms. The third kappa shape index (κ3) is 4.05. The first-order valence-electron chi connectivity index (χ1n) is 7.36. The van der Waals surface area contributed by atoms with Crippen LogP contribution >= 0.6 is 11.6 Å². The van der Waals surface area contributed by atoms with Gasteiger partial charge in [-0.2, -0.15) is 0 Å². The fourth-order valence-corrected chi connectivity index (χ4v) is 2.66. The molecule has 0 unspecified atom stereocenters. The maximum Gasteiger partial charge on any atom is 0.123 e. The Morgan fingerprint density at radius 3 is 2.65 bits per heavy atom. The second-order valence-electron chi connectivity index (χ2n) is 5.22. The molecule has 0 radical (unpaired) electrons. The monoisotopic (exact) mass is 325 g/mol. The van der Waals surface area contributed by atoms with Gasteiger partial charge in [0.25, 0.3) is 0 Å². The van der Waals surface area contributed by atoms with Gasteiger partial charge in [-0.1, -0.05) is 54.6 Å². The van der Waals surface area contributed by atoms with Gasteiger partial charge in [-0.15, -0.1) is 0 Å². The molecule has 0 aliphatic carbocycles. The number of phenolic OH excluding ortho intramolecular Hbond substituents is 1. The molecular weight excluding hydrogens is 306 g/mol. The summed E-state index contributed by atoms with van der Waals surface area (Å²) in [5.41, 5.74) is 10.3. The zero-order chi connectivity index (χ0) is 16.8. The average Bonchev–Trinajstić information content (AvgIpc) is 2.55. The van der Waals surface area contributed by atoms with E-state index in [4.69, 9.17) is 17.3 Å². The molecule has 3 N–H and O–H groups in total. The SMILES string of the molecule is C=C(Cc1ccccc1C(/C=C\C)=C/N)c1cc(Cl)ccc1O. The molecule has 2 aromatic rings. The molecule has 0 heterocycles. The van der Waals surface area contributed by atoms with Gasteiger partial charge in [-0.25, -0.2) is 0 Å². The van der Waals surface area contributed by atoms with Crippen LogP contribution in [0.5, 0.6) is 5.75 Å². The molecular formula is C20H20ClNO. The van der Waals surface area contributed by atoms with E-state index in [0.29, 0.717) is 17.0 Å². The Bertz CT molecular complexity index is 775. The molecule has 0 spiro atoms. The molecule has 0 amide bonds. The lowest BCUT2D eigenvalue weighted by Gasteiger charge is -2.13. The lowest BCUT2D eigenvalue weighted by atomic mass is 9.92. The fourth-order valence-electron chi connectivity index (χ4n) is 2.49. The maximum absolute atomic E-state index is 10.0. The second-order valence-corrected chi connectivity index (χ2v) is 5.66. The van der Waals surface area contributed by atoms with Crippen LogP contribution in [0.25, 0.3) is 11.1 Å². The molecule has 0 saturated carbocycles. The van der Waals surface area contributed by atoms with Crippen molar-refractivity contribution in [3.8, 4) is 5.75 Å². The summed E-state index contributed by atoms with van der Waals surface area (Å²) >= 11 is 6.02. The van der Waals surface area contributed by atoms with Gasteiger partial charge in [-0.3, -0.25) is 0 Å². The van der Waals surface area contributed by atoms with Gasteiger partial charge in [0.2, 0.25) is 0 Å². The molecule has 0 atom stereocenters. The van der Waals surface area contributed by atoms with Crippen molar-refractivity contribution in [3.63, 3.8) is 0 Å². The van der Waals surface area contributed by atoms with Crippen molar-refractivity contribution in [2.75, 3.05) is 0 Å². The Morgan fingerprint density at radius 1 is 1.22 bits per heavy atom. The van der Waals surface area contributed by atoms with E-state index >= 15 is 0 Å². The number of aromatic hydroxyl groups is 1. The largest absolute Gasteiger partial charge is 0.507 e. The van der Waals surface area contributed by atoms with E-state index in [1.807, 2.05) is 43.3 Å². The van der Waals surface area contributed by atoms with E-state index in [2.05, 4.69) is 6.58 Å². The number of benzene rings is 2. The van der Waals surface area contributed by atoms with Crippen LogP contribution < -0.4 is 5.73 Å². The summed E-state index contributed by atoms with van der Waals surface area (Å²) in [5, 5.41) is 10.6. The number of hydrogen-bond acceptors (Lipinski definition) is 2. The van der Waals surface area contributed by atoms with Crippen LogP contribution in [0.4, 0.5) is 0 Å². The zero-order valence-corrected chi connectivity index (χ0v) is 13.8. The lowest BCUT2D eigenvalue weighted by Crippen LogP contribution is -1.97. The minimum absolute atomic E-state index is 0.180. The number of phenols is 1. The first kappa shape index (κ1) is 16.9. The molecule has 0 fully saturated rings. The number of hydrogen-bond donors (Lipinski definition) is 2. The van der Waals surface area contributed by atoms with Crippen LogP contribution in [0, 0.1) is 0 Å². The molecule has 0 saturated heterocycles. The Kier molecular flexibility index (Phi) is 5.67. The van der Waals surface area contributed by atoms with Gasteiger partial charge in [0, 0.05) is 16.8 Å². The predicted molar refractivity (Wildman–Crippen MR) is 99.3 cm³/mol. The van der Waals surface area contributed by atoms with Crippen molar-refractivity contribution in [3.05, 3.63) is 89.1 Å². The number of nitrogens with two attached hydrogens (primary N) is 1. The first-order chi connectivity index (χ1) is 11.1. The Hall–Kier alpha value is -2.45. The van der Waals surface area contributed by atoms with Crippen molar-refractivity contribution < 1.29 is 5.11 Å². The Balaban J connectivity index is 2.37. The summed E-state index contributed by atoms with van der Waals surface area (Å²) in [6.07, 6.45) is 6.11. The molecule has 3 heteroatoms. The van der Waals surface area contributed by atoms with Crippen molar-refractivity contribution in [1.82, 2.24) is 0 Å². The summed E-state index contributed by atoms with van der Waals surface area (Å²) in [5.74, 6) is 0.180. The molecule has 0 aromatic heterocycles. The van der Waals surface area contributed by atoms with Crippen LogP contribution in [0.1, 0.15) is 23.6 Å². The molecule has 2 aromatic carbocycles. The lowest BCUT2D eigenvalue weighted by molar-refractivity contribution is 0.473. The Morgan fingerprint density at radius 2 is 1.96 bits per heavy atom. The summed E-state index contributed by atoms with van der Waals surface area (Å²) in [6, 6.07) is 13.0. The second kappa shape index (κ2) is 7.70. The highest BCUT2D eigenvalue weighted by Gasteiger charge is 2.11. The van der Waals surface area contributed by atoms with E-state index in [1.165, 1.54) is 0 Å². The summed E-state index contributed by atoms with van der Waals surface area (Å²) < 4.78 is 0. The van der Waals surface area contributed by atoms with Gasteiger partial charge < -0.3 is 10.8 Å². The highest BCUT2D eigenvalue weighted by molar-refractivity contribution is 6.30. The minimum atomic E-state index is 0.180. The van der Waals surface area contributed by atoms with Crippen LogP contribution in [-0.2, 0) is 6.42 Å². The van der Waals surface area contributed by atoms with Crippen LogP contribution in [0.3, 0.4) is 0 Å². The predicted octanol–water partition coefficient (Wildman–Crippen LogP) is 5.18. The molecule has 118 valence electrons. The molecule has 2 nitrogen and oxygen atoms in total. The van der Waals surface area contributed by atoms with Gasteiger partial charge in [-0.05, 0) is 53.8 Å². The summed E-state index contributed by atoms with van der Waals surface area (Å²) in [4.78, 5) is 0. The van der Waals surface area contributed by atoms with Crippen LogP contribution in [0.2, 0.25) is 5.02 Å². The maximum atomic E-state index is 10.0. The highest BCUT2D eigenvalue weighted by Crippen LogP contribution is 2.31. The first-order valence-corrected chi connectivity index (χ1v) is 7.74. The third-order valence-electron chi connectivity index (χ3n) is 3.60. The minimum Gasteiger partial charge on any atom is -0.507 e. The van der Waals surface area contributed by atoms with Crippen LogP contribution in [0.15, 0.2) is 67.4 Å². The smallest absolute Gasteiger partial charge is 0.123 e. The molecule has 0 bridgehead atoms. The summed E-state index contributed by atoms with van der Waals surface area (Å²) in [7, 11) is 0. The topological polar surface area (TPSA) is 46.2 Å². The van der Waals surface area contributed by atoms with Crippen molar-refractivity contribution in [1.29, 1.82) is 0 Å². The van der Waals surface area contributed by atoms with Crippen LogP contribution in [-0.4, -0.2) is 5.11 Å². The van der Waals surface area contributed by atoms with E-state index in [9.17, 15) is 5.11 Å². The number of halogens is 1. The normalized spacial score (nSPS) is 11.8. The fraction of sp³-hybridized carbons (Fsp3) is 0.100. The van der Waals surface area contributed by atoms with Gasteiger partial charge >= 0.3 is 0 Å². The quantitative estimate of drug-likeness (QED) is 0.744. The number of rotatable bonds is 5. The Labute approximate surface area is 142 Å². The summed E-state index contributed by atoms with van der Waals surface area (Å²) in [6.45, 7) is 6.06. The third-order valence-corrected chi connectivity index (χ3v) is 3.83. The van der Waals surface area contributed by atoms with Gasteiger partial charge in [0.1, 0.15) is 5.75 Å². The van der Waals surface area contributed by atoms with Crippen molar-refractivity contribution in [2.45, 2.75) is 13.3 Å². The zero-order valence-electron chi connectivity index (χ0n) is 13.1. The van der Waals surface area contributed by atoms with Crippen molar-refractivity contribution >= 4 is 22.7 Å². The molecule has 0 aliphatic heterocycles. The van der Waals surface area contributed by atoms with E-state index in [0.717, 1.165) is 22.3 Å². The van der Waals surface area contributed by atoms with E-state index < -0.39 is 0 Å². The van der Waals surface area contributed by atoms with Gasteiger partial charge in [0.05, 0.1) is 0 Å². The average molecular weight is 326 g/mol. The van der Waals surface area contributed by atoms with Crippen molar-refractivity contribution in [2.24, 2.45) is 5.73 Å². The standard InChI is InChI=1S/C20H20ClNO/c1-3-6-16(13-22)18-8-5-4-7-15(18)11-14(2)19-12-17(21)9-10-20(19)23/h3-10,12-13,23H,2,11,22H2,1H3/b6-3-,16-13+. The number of allylic oxidation sites excluding steroid dienone is 4. The van der Waals surface area contributed by atoms with Gasteiger partial charge in [0.15, 0.2) is 0 Å². The molecule has 2 rings (SSSR count). The van der Waals surface area contributed by atoms with E-state index in [1.54, 1.807) is 24.4 Å². The van der Waals surface area contributed by atoms with E-state index in [-0.39, 0.29) is 5.75 Å². The highest BCUT2D eigenvalue weighted by atomic mass is 35.5.